The lowest BCUT2D eigenvalue weighted by molar-refractivity contribution is -0.123. The SMILES string of the molecule is CC(CNC1CCC(=O)NC1)C(N)=O. The van der Waals surface area contributed by atoms with Crippen LogP contribution in [0.15, 0.2) is 0 Å². The summed E-state index contributed by atoms with van der Waals surface area (Å²) in [7, 11) is 0. The Morgan fingerprint density at radius 3 is 3.00 bits per heavy atom. The van der Waals surface area contributed by atoms with E-state index in [2.05, 4.69) is 10.6 Å². The van der Waals surface area contributed by atoms with Gasteiger partial charge in [0.15, 0.2) is 0 Å². The zero-order valence-electron chi connectivity index (χ0n) is 8.38. The second-order valence-electron chi connectivity index (χ2n) is 3.75. The monoisotopic (exact) mass is 199 g/mol. The van der Waals surface area contributed by atoms with E-state index < -0.39 is 0 Å². The van der Waals surface area contributed by atoms with Crippen molar-refractivity contribution in [3.63, 3.8) is 0 Å². The van der Waals surface area contributed by atoms with Gasteiger partial charge in [0.1, 0.15) is 0 Å². The van der Waals surface area contributed by atoms with Crippen LogP contribution < -0.4 is 16.4 Å². The Balaban J connectivity index is 2.19. The number of piperidine rings is 1. The van der Waals surface area contributed by atoms with Gasteiger partial charge in [-0.15, -0.1) is 0 Å². The van der Waals surface area contributed by atoms with Gasteiger partial charge in [-0.2, -0.15) is 0 Å². The summed E-state index contributed by atoms with van der Waals surface area (Å²) in [5.74, 6) is -0.351. The molecule has 5 nitrogen and oxygen atoms in total. The third kappa shape index (κ3) is 3.33. The molecule has 0 saturated carbocycles. The summed E-state index contributed by atoms with van der Waals surface area (Å²) in [5, 5.41) is 5.98. The summed E-state index contributed by atoms with van der Waals surface area (Å²) >= 11 is 0. The molecule has 1 aliphatic heterocycles. The molecule has 1 aliphatic rings. The highest BCUT2D eigenvalue weighted by Gasteiger charge is 2.18. The fourth-order valence-corrected chi connectivity index (χ4v) is 1.35. The van der Waals surface area contributed by atoms with Crippen molar-refractivity contribution in [1.82, 2.24) is 10.6 Å². The molecule has 0 radical (unpaired) electrons. The van der Waals surface area contributed by atoms with Crippen LogP contribution >= 0.6 is 0 Å². The van der Waals surface area contributed by atoms with Gasteiger partial charge in [0.05, 0.1) is 0 Å². The molecule has 0 spiro atoms. The zero-order chi connectivity index (χ0) is 10.6. The lowest BCUT2D eigenvalue weighted by atomic mass is 10.1. The molecule has 80 valence electrons. The topological polar surface area (TPSA) is 84.2 Å². The van der Waals surface area contributed by atoms with Crippen LogP contribution in [0, 0.1) is 5.92 Å². The van der Waals surface area contributed by atoms with Gasteiger partial charge in [-0.3, -0.25) is 9.59 Å². The van der Waals surface area contributed by atoms with Crippen LogP contribution in [0.3, 0.4) is 0 Å². The third-order valence-corrected chi connectivity index (χ3v) is 2.46. The predicted molar refractivity (Wildman–Crippen MR) is 52.4 cm³/mol. The smallest absolute Gasteiger partial charge is 0.221 e. The Labute approximate surface area is 83.4 Å². The number of rotatable bonds is 4. The van der Waals surface area contributed by atoms with Crippen LogP contribution in [0.2, 0.25) is 0 Å². The van der Waals surface area contributed by atoms with Crippen molar-refractivity contribution in [2.75, 3.05) is 13.1 Å². The molecule has 1 fully saturated rings. The van der Waals surface area contributed by atoms with Crippen molar-refractivity contribution in [3.8, 4) is 0 Å². The number of amides is 2. The zero-order valence-corrected chi connectivity index (χ0v) is 8.38. The molecule has 1 heterocycles. The van der Waals surface area contributed by atoms with Gasteiger partial charge in [0.25, 0.3) is 0 Å². The average Bonchev–Trinajstić information content (AvgIpc) is 2.16. The highest BCUT2D eigenvalue weighted by Crippen LogP contribution is 2.03. The quantitative estimate of drug-likeness (QED) is 0.541. The van der Waals surface area contributed by atoms with Crippen molar-refractivity contribution in [2.24, 2.45) is 11.7 Å². The first-order valence-electron chi connectivity index (χ1n) is 4.89. The minimum Gasteiger partial charge on any atom is -0.369 e. The van der Waals surface area contributed by atoms with Crippen LogP contribution in [-0.4, -0.2) is 30.9 Å². The van der Waals surface area contributed by atoms with Crippen LogP contribution in [0.25, 0.3) is 0 Å². The molecule has 14 heavy (non-hydrogen) atoms. The molecule has 0 aromatic carbocycles. The second-order valence-corrected chi connectivity index (χ2v) is 3.75. The molecular formula is C9H17N3O2. The fraction of sp³-hybridized carbons (Fsp3) is 0.778. The molecule has 0 aliphatic carbocycles. The number of nitrogens with two attached hydrogens (primary N) is 1. The van der Waals surface area contributed by atoms with E-state index in [-0.39, 0.29) is 23.8 Å². The molecular weight excluding hydrogens is 182 g/mol. The van der Waals surface area contributed by atoms with Crippen molar-refractivity contribution < 1.29 is 9.59 Å². The molecule has 5 heteroatoms. The maximum Gasteiger partial charge on any atom is 0.221 e. The van der Waals surface area contributed by atoms with Gasteiger partial charge in [-0.25, -0.2) is 0 Å². The Morgan fingerprint density at radius 2 is 2.50 bits per heavy atom. The molecule has 0 bridgehead atoms. The molecule has 4 N–H and O–H groups in total. The van der Waals surface area contributed by atoms with Crippen LogP contribution in [0.5, 0.6) is 0 Å². The Morgan fingerprint density at radius 1 is 1.79 bits per heavy atom. The Kier molecular flexibility index (Phi) is 3.88. The third-order valence-electron chi connectivity index (χ3n) is 2.46. The van der Waals surface area contributed by atoms with E-state index in [4.69, 9.17) is 5.73 Å². The van der Waals surface area contributed by atoms with Gasteiger partial charge in [-0.05, 0) is 6.42 Å². The van der Waals surface area contributed by atoms with E-state index in [1.54, 1.807) is 6.92 Å². The van der Waals surface area contributed by atoms with Crippen molar-refractivity contribution in [1.29, 1.82) is 0 Å². The molecule has 1 rings (SSSR count). The normalized spacial score (nSPS) is 24.1. The van der Waals surface area contributed by atoms with E-state index >= 15 is 0 Å². The lowest BCUT2D eigenvalue weighted by Gasteiger charge is -2.24. The van der Waals surface area contributed by atoms with Gasteiger partial charge in [-0.1, -0.05) is 6.92 Å². The first-order valence-corrected chi connectivity index (χ1v) is 4.89. The first kappa shape index (κ1) is 11.0. The first-order chi connectivity index (χ1) is 6.59. The second kappa shape index (κ2) is 4.95. The van der Waals surface area contributed by atoms with Gasteiger partial charge >= 0.3 is 0 Å². The van der Waals surface area contributed by atoms with E-state index in [0.717, 1.165) is 6.42 Å². The van der Waals surface area contributed by atoms with Crippen molar-refractivity contribution in [3.05, 3.63) is 0 Å². The lowest BCUT2D eigenvalue weighted by Crippen LogP contribution is -2.47. The number of hydrogen-bond acceptors (Lipinski definition) is 3. The molecule has 2 unspecified atom stereocenters. The maximum atomic E-state index is 10.8. The number of hydrogen-bond donors (Lipinski definition) is 3. The molecule has 0 aromatic rings. The Bertz CT molecular complexity index is 220. The number of primary amides is 1. The van der Waals surface area contributed by atoms with Crippen molar-refractivity contribution >= 4 is 11.8 Å². The molecule has 2 atom stereocenters. The summed E-state index contributed by atoms with van der Waals surface area (Å²) in [6.45, 7) is 3.01. The number of carbonyl (C=O) groups is 2. The highest BCUT2D eigenvalue weighted by molar-refractivity contribution is 5.77. The summed E-state index contributed by atoms with van der Waals surface area (Å²) < 4.78 is 0. The standard InChI is InChI=1S/C9H17N3O2/c1-6(9(10)14)4-11-7-2-3-8(13)12-5-7/h6-7,11H,2-5H2,1H3,(H2,10,14)(H,12,13). The van der Waals surface area contributed by atoms with Crippen LogP contribution in [0.1, 0.15) is 19.8 Å². The summed E-state index contributed by atoms with van der Waals surface area (Å²) in [5.41, 5.74) is 5.12. The van der Waals surface area contributed by atoms with Crippen molar-refractivity contribution in [2.45, 2.75) is 25.8 Å². The predicted octanol–water partition coefficient (Wildman–Crippen LogP) is -1.02. The van der Waals surface area contributed by atoms with Gasteiger partial charge in [0, 0.05) is 31.5 Å². The fourth-order valence-electron chi connectivity index (χ4n) is 1.35. The minimum absolute atomic E-state index is 0.103. The number of carbonyl (C=O) groups excluding carboxylic acids is 2. The highest BCUT2D eigenvalue weighted by atomic mass is 16.2. The largest absolute Gasteiger partial charge is 0.369 e. The number of nitrogens with one attached hydrogen (secondary N) is 2. The molecule has 0 aromatic heterocycles. The summed E-state index contributed by atoms with van der Waals surface area (Å²) in [6.07, 6.45) is 1.39. The molecule has 2 amide bonds. The van der Waals surface area contributed by atoms with E-state index in [1.807, 2.05) is 0 Å². The Hall–Kier alpha value is -1.10. The van der Waals surface area contributed by atoms with Crippen LogP contribution in [0.4, 0.5) is 0 Å². The maximum absolute atomic E-state index is 10.8. The summed E-state index contributed by atoms with van der Waals surface area (Å²) in [4.78, 5) is 21.6. The van der Waals surface area contributed by atoms with E-state index in [9.17, 15) is 9.59 Å². The minimum atomic E-state index is -0.294. The summed E-state index contributed by atoms with van der Waals surface area (Å²) in [6, 6.07) is 0.273. The van der Waals surface area contributed by atoms with E-state index in [0.29, 0.717) is 19.5 Å². The molecule has 1 saturated heterocycles. The average molecular weight is 199 g/mol. The van der Waals surface area contributed by atoms with Gasteiger partial charge in [0.2, 0.25) is 11.8 Å². The van der Waals surface area contributed by atoms with Crippen LogP contribution in [-0.2, 0) is 9.59 Å². The van der Waals surface area contributed by atoms with E-state index in [1.165, 1.54) is 0 Å². The van der Waals surface area contributed by atoms with Gasteiger partial charge < -0.3 is 16.4 Å².